The van der Waals surface area contributed by atoms with Gasteiger partial charge < -0.3 is 10.4 Å². The predicted octanol–water partition coefficient (Wildman–Crippen LogP) is 5.68. The van der Waals surface area contributed by atoms with Crippen LogP contribution in [0.5, 0.6) is 0 Å². The molecule has 1 heterocycles. The van der Waals surface area contributed by atoms with Crippen LogP contribution in [0.15, 0.2) is 42.5 Å². The SMILES string of the molecule is CCC(c1cccc(N[C@H](CC)c2ccc(Cl)c(C)c2)c1)N1CC(C(=O)O)C1. The van der Waals surface area contributed by atoms with Crippen molar-refractivity contribution in [2.45, 2.75) is 45.7 Å². The molecule has 1 aliphatic heterocycles. The lowest BCUT2D eigenvalue weighted by molar-refractivity contribution is -0.148. The average Bonchev–Trinajstić information content (AvgIpc) is 2.64. The second kappa shape index (κ2) is 8.97. The number of rotatable bonds is 8. The second-order valence-electron chi connectivity index (χ2n) is 7.65. The van der Waals surface area contributed by atoms with Gasteiger partial charge in [-0.25, -0.2) is 0 Å². The van der Waals surface area contributed by atoms with E-state index in [0.29, 0.717) is 13.1 Å². The molecule has 28 heavy (non-hydrogen) atoms. The van der Waals surface area contributed by atoms with Gasteiger partial charge in [0.25, 0.3) is 0 Å². The summed E-state index contributed by atoms with van der Waals surface area (Å²) >= 11 is 6.18. The first kappa shape index (κ1) is 20.7. The fraction of sp³-hybridized carbons (Fsp3) is 0.435. The Kier molecular flexibility index (Phi) is 6.63. The standard InChI is InChI=1S/C23H29ClN2O2/c1-4-21(16-9-10-20(24)15(3)11-16)25-19-8-6-7-17(12-19)22(5-2)26-13-18(14-26)23(27)28/h6-12,18,21-22,25H,4-5,13-14H2,1-3H3,(H,27,28)/t21-,22?/m1/s1. The van der Waals surface area contributed by atoms with Crippen molar-refractivity contribution in [2.24, 2.45) is 5.92 Å². The lowest BCUT2D eigenvalue weighted by Gasteiger charge is -2.42. The molecule has 1 unspecified atom stereocenters. The summed E-state index contributed by atoms with van der Waals surface area (Å²) in [6.45, 7) is 7.62. The molecule has 0 saturated carbocycles. The lowest BCUT2D eigenvalue weighted by atomic mass is 9.93. The molecule has 0 aliphatic carbocycles. The van der Waals surface area contributed by atoms with Gasteiger partial charge in [-0.05, 0) is 54.7 Å². The van der Waals surface area contributed by atoms with E-state index in [4.69, 9.17) is 16.7 Å². The second-order valence-corrected chi connectivity index (χ2v) is 8.06. The predicted molar refractivity (Wildman–Crippen MR) is 115 cm³/mol. The van der Waals surface area contributed by atoms with E-state index in [0.717, 1.165) is 29.1 Å². The molecule has 2 aromatic rings. The van der Waals surface area contributed by atoms with E-state index in [1.54, 1.807) is 0 Å². The Morgan fingerprint density at radius 1 is 1.18 bits per heavy atom. The molecule has 3 rings (SSSR count). The van der Waals surface area contributed by atoms with Crippen LogP contribution in [0.25, 0.3) is 0 Å². The summed E-state index contributed by atoms with van der Waals surface area (Å²) in [6, 6.07) is 15.2. The molecule has 1 saturated heterocycles. The first-order valence-electron chi connectivity index (χ1n) is 10.0. The first-order chi connectivity index (χ1) is 13.4. The van der Waals surface area contributed by atoms with Crippen molar-refractivity contribution in [3.8, 4) is 0 Å². The lowest BCUT2D eigenvalue weighted by Crippen LogP contribution is -2.51. The van der Waals surface area contributed by atoms with Gasteiger partial charge in [0.05, 0.1) is 12.0 Å². The van der Waals surface area contributed by atoms with Gasteiger partial charge in [-0.1, -0.05) is 49.7 Å². The monoisotopic (exact) mass is 400 g/mol. The Morgan fingerprint density at radius 3 is 2.54 bits per heavy atom. The number of hydrogen-bond donors (Lipinski definition) is 2. The van der Waals surface area contributed by atoms with Crippen LogP contribution < -0.4 is 5.32 Å². The molecule has 4 nitrogen and oxygen atoms in total. The fourth-order valence-corrected chi connectivity index (χ4v) is 4.09. The minimum absolute atomic E-state index is 0.215. The molecule has 1 fully saturated rings. The van der Waals surface area contributed by atoms with Gasteiger partial charge in [0.2, 0.25) is 0 Å². The topological polar surface area (TPSA) is 52.6 Å². The molecule has 2 atom stereocenters. The molecule has 5 heteroatoms. The van der Waals surface area contributed by atoms with E-state index in [9.17, 15) is 4.79 Å². The summed E-state index contributed by atoms with van der Waals surface area (Å²) in [4.78, 5) is 13.4. The molecule has 0 amide bonds. The molecule has 2 aromatic carbocycles. The van der Waals surface area contributed by atoms with Crippen molar-refractivity contribution in [3.63, 3.8) is 0 Å². The third-order valence-electron chi connectivity index (χ3n) is 5.69. The van der Waals surface area contributed by atoms with Crippen LogP contribution in [0.2, 0.25) is 5.02 Å². The van der Waals surface area contributed by atoms with E-state index in [1.807, 2.05) is 13.0 Å². The molecule has 0 bridgehead atoms. The molecule has 0 aromatic heterocycles. The molecule has 0 spiro atoms. The maximum atomic E-state index is 11.1. The van der Waals surface area contributed by atoms with Gasteiger partial charge in [-0.2, -0.15) is 0 Å². The highest BCUT2D eigenvalue weighted by atomic mass is 35.5. The molecule has 1 aliphatic rings. The number of benzene rings is 2. The average molecular weight is 401 g/mol. The van der Waals surface area contributed by atoms with Gasteiger partial charge in [0, 0.05) is 29.8 Å². The highest BCUT2D eigenvalue weighted by Crippen LogP contribution is 2.33. The van der Waals surface area contributed by atoms with Crippen LogP contribution in [0.3, 0.4) is 0 Å². The Hall–Kier alpha value is -2.04. The van der Waals surface area contributed by atoms with Crippen LogP contribution in [0.1, 0.15) is 55.5 Å². The maximum absolute atomic E-state index is 11.1. The van der Waals surface area contributed by atoms with E-state index in [2.05, 4.69) is 60.5 Å². The normalized spacial score (nSPS) is 17.0. The van der Waals surface area contributed by atoms with Crippen molar-refractivity contribution in [3.05, 3.63) is 64.2 Å². The Labute approximate surface area is 172 Å². The summed E-state index contributed by atoms with van der Waals surface area (Å²) in [5, 5.41) is 13.6. The van der Waals surface area contributed by atoms with Gasteiger partial charge in [0.15, 0.2) is 0 Å². The van der Waals surface area contributed by atoms with Crippen molar-refractivity contribution in [1.82, 2.24) is 4.90 Å². The smallest absolute Gasteiger partial charge is 0.309 e. The van der Waals surface area contributed by atoms with Gasteiger partial charge in [0.1, 0.15) is 0 Å². The number of carbonyl (C=O) groups is 1. The van der Waals surface area contributed by atoms with Crippen LogP contribution >= 0.6 is 11.6 Å². The van der Waals surface area contributed by atoms with E-state index in [-0.39, 0.29) is 18.0 Å². The number of likely N-dealkylation sites (tertiary alicyclic amines) is 1. The third kappa shape index (κ3) is 4.50. The minimum Gasteiger partial charge on any atom is -0.481 e. The van der Waals surface area contributed by atoms with E-state index in [1.165, 1.54) is 11.1 Å². The molecular weight excluding hydrogens is 372 g/mol. The first-order valence-corrected chi connectivity index (χ1v) is 10.4. The van der Waals surface area contributed by atoms with Crippen molar-refractivity contribution in [1.29, 1.82) is 0 Å². The van der Waals surface area contributed by atoms with Crippen LogP contribution in [0, 0.1) is 12.8 Å². The summed E-state index contributed by atoms with van der Waals surface area (Å²) in [5.74, 6) is -0.918. The van der Waals surface area contributed by atoms with E-state index < -0.39 is 5.97 Å². The molecular formula is C23H29ClN2O2. The van der Waals surface area contributed by atoms with Gasteiger partial charge in [-0.3, -0.25) is 9.69 Å². The highest BCUT2D eigenvalue weighted by molar-refractivity contribution is 6.31. The molecule has 150 valence electrons. The zero-order valence-electron chi connectivity index (χ0n) is 16.8. The Morgan fingerprint density at radius 2 is 1.93 bits per heavy atom. The molecule has 0 radical (unpaired) electrons. The number of aliphatic carboxylic acids is 1. The summed E-state index contributed by atoms with van der Waals surface area (Å²) in [7, 11) is 0. The van der Waals surface area contributed by atoms with Crippen molar-refractivity contribution < 1.29 is 9.90 Å². The summed E-state index contributed by atoms with van der Waals surface area (Å²) in [6.07, 6.45) is 1.93. The number of carboxylic acids is 1. The van der Waals surface area contributed by atoms with Crippen LogP contribution in [0.4, 0.5) is 5.69 Å². The minimum atomic E-state index is -0.689. The zero-order chi connectivity index (χ0) is 20.3. The van der Waals surface area contributed by atoms with Gasteiger partial charge >= 0.3 is 5.97 Å². The fourth-order valence-electron chi connectivity index (χ4n) is 3.97. The quantitative estimate of drug-likeness (QED) is 0.598. The largest absolute Gasteiger partial charge is 0.481 e. The highest BCUT2D eigenvalue weighted by Gasteiger charge is 2.36. The number of aryl methyl sites for hydroxylation is 1. The maximum Gasteiger partial charge on any atom is 0.309 e. The number of halogens is 1. The van der Waals surface area contributed by atoms with E-state index >= 15 is 0 Å². The number of carboxylic acid groups (broad SMARTS) is 1. The van der Waals surface area contributed by atoms with Crippen LogP contribution in [-0.2, 0) is 4.79 Å². The summed E-state index contributed by atoms with van der Waals surface area (Å²) in [5.41, 5.74) is 4.64. The molecule has 2 N–H and O–H groups in total. The zero-order valence-corrected chi connectivity index (χ0v) is 17.5. The Bertz CT molecular complexity index is 833. The van der Waals surface area contributed by atoms with Crippen LogP contribution in [-0.4, -0.2) is 29.1 Å². The number of hydrogen-bond acceptors (Lipinski definition) is 3. The number of anilines is 1. The Balaban J connectivity index is 1.74. The summed E-state index contributed by atoms with van der Waals surface area (Å²) < 4.78 is 0. The number of nitrogens with zero attached hydrogens (tertiary/aromatic N) is 1. The van der Waals surface area contributed by atoms with Gasteiger partial charge in [-0.15, -0.1) is 0 Å². The van der Waals surface area contributed by atoms with Crippen molar-refractivity contribution >= 4 is 23.3 Å². The van der Waals surface area contributed by atoms with Crippen molar-refractivity contribution in [2.75, 3.05) is 18.4 Å². The number of nitrogens with one attached hydrogen (secondary N) is 1. The third-order valence-corrected chi connectivity index (χ3v) is 6.12.